The summed E-state index contributed by atoms with van der Waals surface area (Å²) in [6.45, 7) is 0. The summed E-state index contributed by atoms with van der Waals surface area (Å²) >= 11 is 0. The number of halogens is 1. The third kappa shape index (κ3) is 2.71. The Labute approximate surface area is 112 Å². The number of rotatable bonds is 3. The number of aromatic nitrogens is 3. The molecule has 0 bridgehead atoms. The Bertz CT molecular complexity index is 670. The van der Waals surface area contributed by atoms with Crippen LogP contribution in [0.4, 0.5) is 20.8 Å². The largest absolute Gasteiger partial charge is 0.478 e. The summed E-state index contributed by atoms with van der Waals surface area (Å²) in [5.41, 5.74) is -0.766. The summed E-state index contributed by atoms with van der Waals surface area (Å²) in [6, 6.07) is 2.81. The molecule has 8 nitrogen and oxygen atoms in total. The van der Waals surface area contributed by atoms with Crippen LogP contribution in [0.25, 0.3) is 0 Å². The van der Waals surface area contributed by atoms with Gasteiger partial charge in [0.05, 0.1) is 5.69 Å². The fourth-order valence-corrected chi connectivity index (χ4v) is 1.51. The average Bonchev–Trinajstić information content (AvgIpc) is 2.74. The van der Waals surface area contributed by atoms with E-state index in [0.717, 1.165) is 6.07 Å². The fourth-order valence-electron chi connectivity index (χ4n) is 1.51. The van der Waals surface area contributed by atoms with Gasteiger partial charge in [-0.2, -0.15) is 10.1 Å². The van der Waals surface area contributed by atoms with Crippen LogP contribution in [-0.2, 0) is 7.05 Å². The maximum Gasteiger partial charge on any atom is 0.340 e. The summed E-state index contributed by atoms with van der Waals surface area (Å²) in [5.74, 6) is -2.25. The zero-order chi connectivity index (χ0) is 14.7. The molecule has 1 aromatic carbocycles. The first-order valence-electron chi connectivity index (χ1n) is 5.43. The number of nitrogens with zero attached hydrogens (tertiary/aromatic N) is 3. The number of anilines is 2. The molecule has 2 aromatic rings. The second-order valence-corrected chi connectivity index (χ2v) is 3.75. The van der Waals surface area contributed by atoms with Crippen LogP contribution in [-0.4, -0.2) is 31.9 Å². The van der Waals surface area contributed by atoms with Gasteiger partial charge in [-0.15, -0.1) is 0 Å². The number of nitrogens with one attached hydrogen (secondary N) is 2. The van der Waals surface area contributed by atoms with Crippen molar-refractivity contribution in [2.45, 2.75) is 0 Å². The lowest BCUT2D eigenvalue weighted by molar-refractivity contribution is 0.0693. The van der Waals surface area contributed by atoms with Crippen LogP contribution in [0.3, 0.4) is 0 Å². The highest BCUT2D eigenvalue weighted by atomic mass is 19.1. The molecule has 0 saturated carbocycles. The first-order valence-corrected chi connectivity index (χ1v) is 5.43. The van der Waals surface area contributed by atoms with Crippen molar-refractivity contribution in [3.8, 4) is 0 Å². The number of benzene rings is 1. The zero-order valence-corrected chi connectivity index (χ0v) is 10.3. The lowest BCUT2D eigenvalue weighted by Crippen LogP contribution is -2.23. The highest BCUT2D eigenvalue weighted by Gasteiger charge is 2.17. The number of hydrogen-bond acceptors (Lipinski definition) is 4. The van der Waals surface area contributed by atoms with Gasteiger partial charge >= 0.3 is 12.0 Å². The molecule has 0 spiro atoms. The Balaban J connectivity index is 2.18. The maximum absolute atomic E-state index is 13.4. The first-order chi connectivity index (χ1) is 9.49. The lowest BCUT2D eigenvalue weighted by atomic mass is 10.1. The summed E-state index contributed by atoms with van der Waals surface area (Å²) in [5, 5.41) is 17.3. The van der Waals surface area contributed by atoms with E-state index in [0.29, 0.717) is 0 Å². The molecule has 0 radical (unpaired) electrons. The number of hydrogen-bond donors (Lipinski definition) is 3. The summed E-state index contributed by atoms with van der Waals surface area (Å²) in [4.78, 5) is 26.4. The van der Waals surface area contributed by atoms with Crippen molar-refractivity contribution >= 4 is 23.6 Å². The van der Waals surface area contributed by atoms with Crippen LogP contribution >= 0.6 is 0 Å². The Kier molecular flexibility index (Phi) is 3.60. The Hall–Kier alpha value is -2.97. The third-order valence-electron chi connectivity index (χ3n) is 2.41. The van der Waals surface area contributed by atoms with Crippen molar-refractivity contribution < 1.29 is 19.1 Å². The molecule has 2 rings (SSSR count). The van der Waals surface area contributed by atoms with E-state index >= 15 is 0 Å². The molecule has 0 aliphatic heterocycles. The number of carbonyl (C=O) groups is 2. The van der Waals surface area contributed by atoms with E-state index in [2.05, 4.69) is 20.7 Å². The van der Waals surface area contributed by atoms with Crippen LogP contribution < -0.4 is 10.6 Å². The normalized spacial score (nSPS) is 10.1. The molecular weight excluding hydrogens is 269 g/mol. The highest BCUT2D eigenvalue weighted by molar-refractivity contribution is 6.04. The monoisotopic (exact) mass is 279 g/mol. The number of aryl methyl sites for hydroxylation is 1. The number of carboxylic acids is 1. The second-order valence-electron chi connectivity index (χ2n) is 3.75. The van der Waals surface area contributed by atoms with E-state index in [4.69, 9.17) is 5.11 Å². The Morgan fingerprint density at radius 1 is 1.35 bits per heavy atom. The number of urea groups is 1. The van der Waals surface area contributed by atoms with Gasteiger partial charge in [0.25, 0.3) is 0 Å². The molecule has 1 aromatic heterocycles. The minimum atomic E-state index is -1.47. The van der Waals surface area contributed by atoms with Crippen molar-refractivity contribution in [1.82, 2.24) is 14.8 Å². The van der Waals surface area contributed by atoms with Crippen molar-refractivity contribution in [1.29, 1.82) is 0 Å². The molecule has 0 atom stereocenters. The summed E-state index contributed by atoms with van der Waals surface area (Å²) in [7, 11) is 1.56. The minimum absolute atomic E-state index is 0.155. The van der Waals surface area contributed by atoms with Crippen LogP contribution in [0.1, 0.15) is 10.4 Å². The van der Waals surface area contributed by atoms with E-state index in [1.807, 2.05) is 0 Å². The van der Waals surface area contributed by atoms with Gasteiger partial charge < -0.3 is 10.4 Å². The van der Waals surface area contributed by atoms with Gasteiger partial charge in [-0.1, -0.05) is 6.07 Å². The van der Waals surface area contributed by atoms with E-state index < -0.39 is 23.4 Å². The molecular formula is C11H10FN5O3. The van der Waals surface area contributed by atoms with Crippen LogP contribution in [0.15, 0.2) is 24.5 Å². The highest BCUT2D eigenvalue weighted by Crippen LogP contribution is 2.19. The molecule has 2 amide bonds. The SMILES string of the molecule is Cn1ncnc1NC(=O)Nc1cccc(F)c1C(=O)O. The standard InChI is InChI=1S/C11H10FN5O3/c1-17-10(13-5-14-17)16-11(20)15-7-4-2-3-6(12)8(7)9(18)19/h2-5H,1H3,(H,18,19)(H2,13,14,15,16,20). The Morgan fingerprint density at radius 3 is 2.70 bits per heavy atom. The smallest absolute Gasteiger partial charge is 0.340 e. The van der Waals surface area contributed by atoms with Gasteiger partial charge in [0.2, 0.25) is 5.95 Å². The molecule has 20 heavy (non-hydrogen) atoms. The quantitative estimate of drug-likeness (QED) is 0.784. The number of carbonyl (C=O) groups excluding carboxylic acids is 1. The number of amides is 2. The molecule has 0 unspecified atom stereocenters. The van der Waals surface area contributed by atoms with Crippen molar-refractivity contribution in [2.24, 2.45) is 7.05 Å². The topological polar surface area (TPSA) is 109 Å². The molecule has 9 heteroatoms. The predicted octanol–water partition coefficient (Wildman–Crippen LogP) is 1.30. The van der Waals surface area contributed by atoms with Crippen LogP contribution in [0, 0.1) is 5.82 Å². The second kappa shape index (κ2) is 5.34. The average molecular weight is 279 g/mol. The number of carboxylic acid groups (broad SMARTS) is 1. The molecule has 0 aliphatic carbocycles. The van der Waals surface area contributed by atoms with Crippen molar-refractivity contribution in [3.63, 3.8) is 0 Å². The van der Waals surface area contributed by atoms with E-state index in [1.54, 1.807) is 7.05 Å². The molecule has 0 aliphatic rings. The third-order valence-corrected chi connectivity index (χ3v) is 2.41. The van der Waals surface area contributed by atoms with Gasteiger partial charge in [-0.25, -0.2) is 18.7 Å². The van der Waals surface area contributed by atoms with Crippen LogP contribution in [0.2, 0.25) is 0 Å². The minimum Gasteiger partial charge on any atom is -0.478 e. The lowest BCUT2D eigenvalue weighted by Gasteiger charge is -2.09. The van der Waals surface area contributed by atoms with Crippen molar-refractivity contribution in [3.05, 3.63) is 35.9 Å². The van der Waals surface area contributed by atoms with Gasteiger partial charge in [-0.05, 0) is 12.1 Å². The predicted molar refractivity (Wildman–Crippen MR) is 67.0 cm³/mol. The number of aromatic carboxylic acids is 1. The summed E-state index contributed by atoms with van der Waals surface area (Å²) < 4.78 is 14.7. The molecule has 1 heterocycles. The Morgan fingerprint density at radius 2 is 2.10 bits per heavy atom. The van der Waals surface area contributed by atoms with Crippen LogP contribution in [0.5, 0.6) is 0 Å². The van der Waals surface area contributed by atoms with Gasteiger partial charge in [-0.3, -0.25) is 5.32 Å². The molecule has 0 saturated heterocycles. The van der Waals surface area contributed by atoms with Crippen molar-refractivity contribution in [2.75, 3.05) is 10.6 Å². The van der Waals surface area contributed by atoms with E-state index in [1.165, 1.54) is 23.1 Å². The molecule has 104 valence electrons. The fraction of sp³-hybridized carbons (Fsp3) is 0.0909. The zero-order valence-electron chi connectivity index (χ0n) is 10.3. The molecule has 3 N–H and O–H groups in total. The first kappa shape index (κ1) is 13.5. The van der Waals surface area contributed by atoms with Gasteiger partial charge in [0.1, 0.15) is 17.7 Å². The van der Waals surface area contributed by atoms with Gasteiger partial charge in [0.15, 0.2) is 0 Å². The van der Waals surface area contributed by atoms with E-state index in [-0.39, 0.29) is 11.6 Å². The molecule has 0 fully saturated rings. The summed E-state index contributed by atoms with van der Waals surface area (Å²) in [6.07, 6.45) is 1.24. The van der Waals surface area contributed by atoms with Gasteiger partial charge in [0, 0.05) is 7.05 Å². The van der Waals surface area contributed by atoms with E-state index in [9.17, 15) is 14.0 Å². The maximum atomic E-state index is 13.4.